The van der Waals surface area contributed by atoms with Crippen LogP contribution in [-0.4, -0.2) is 67.1 Å². The van der Waals surface area contributed by atoms with E-state index in [0.29, 0.717) is 12.5 Å². The molecule has 0 aliphatic heterocycles. The maximum atomic E-state index is 12.3. The maximum Gasteiger partial charge on any atom is 0.326 e. The largest absolute Gasteiger partial charge is 0.330 e. The average molecular weight is 437 g/mol. The van der Waals surface area contributed by atoms with E-state index in [1.807, 2.05) is 43.3 Å². The smallest absolute Gasteiger partial charge is 0.326 e. The number of nitrogens with one attached hydrogen (secondary N) is 1. The number of amides is 2. The molecule has 0 fully saturated rings. The lowest BCUT2D eigenvalue weighted by atomic mass is 10.3. The van der Waals surface area contributed by atoms with Crippen LogP contribution in [0.2, 0.25) is 0 Å². The molecule has 1 heterocycles. The van der Waals surface area contributed by atoms with Crippen molar-refractivity contribution in [1.82, 2.24) is 19.8 Å². The number of aromatic amines is 1. The minimum absolute atomic E-state index is 0. The molecule has 0 bridgehead atoms. The molecule has 1 N–H and O–H groups in total. The Bertz CT molecular complexity index is 567. The van der Waals surface area contributed by atoms with Gasteiger partial charge in [-0.05, 0) is 26.2 Å². The number of para-hydroxylation sites is 2. The van der Waals surface area contributed by atoms with Crippen molar-refractivity contribution in [3.8, 4) is 0 Å². The summed E-state index contributed by atoms with van der Waals surface area (Å²) in [5, 5.41) is 0. The van der Waals surface area contributed by atoms with Gasteiger partial charge in [0.15, 0.2) is 0 Å². The quantitative estimate of drug-likeness (QED) is 0.801. The zero-order chi connectivity index (χ0) is 14.7. The van der Waals surface area contributed by atoms with Gasteiger partial charge >= 0.3 is 6.03 Å². The first kappa shape index (κ1) is 20.9. The summed E-state index contributed by atoms with van der Waals surface area (Å²) >= 11 is 0. The molecular formula is C14H23Br2N5O. The van der Waals surface area contributed by atoms with Crippen LogP contribution < -0.4 is 4.90 Å². The fraction of sp³-hybridized carbons (Fsp3) is 0.429. The Morgan fingerprint density at radius 1 is 1.09 bits per heavy atom. The lowest BCUT2D eigenvalue weighted by Crippen LogP contribution is -2.43. The predicted octanol–water partition coefficient (Wildman–Crippen LogP) is 2.77. The molecule has 0 unspecified atom stereocenters. The third-order valence-electron chi connectivity index (χ3n) is 3.02. The SMILES string of the molecule is Br.Br.CN(C)CCN(C(=O)N(C)C)c1nc2ccccc2[nH]1. The highest BCUT2D eigenvalue weighted by Gasteiger charge is 2.20. The number of hydrogen-bond donors (Lipinski definition) is 1. The van der Waals surface area contributed by atoms with E-state index >= 15 is 0 Å². The molecule has 2 rings (SSSR count). The van der Waals surface area contributed by atoms with Gasteiger partial charge < -0.3 is 14.8 Å². The number of hydrogen-bond acceptors (Lipinski definition) is 3. The second-order valence-corrected chi connectivity index (χ2v) is 5.21. The van der Waals surface area contributed by atoms with E-state index in [4.69, 9.17) is 0 Å². The number of H-pyrrole nitrogens is 1. The molecule has 2 amide bonds. The molecule has 0 aliphatic carbocycles. The third kappa shape index (κ3) is 4.96. The average Bonchev–Trinajstić information content (AvgIpc) is 2.81. The summed E-state index contributed by atoms with van der Waals surface area (Å²) in [6.07, 6.45) is 0. The molecule has 0 atom stereocenters. The molecule has 1 aromatic carbocycles. The maximum absolute atomic E-state index is 12.3. The van der Waals surface area contributed by atoms with E-state index in [0.717, 1.165) is 17.6 Å². The van der Waals surface area contributed by atoms with Crippen LogP contribution in [0.1, 0.15) is 0 Å². The van der Waals surface area contributed by atoms with Gasteiger partial charge in [-0.2, -0.15) is 0 Å². The molecule has 8 heteroatoms. The summed E-state index contributed by atoms with van der Waals surface area (Å²) in [7, 11) is 7.45. The number of likely N-dealkylation sites (N-methyl/N-ethyl adjacent to an activating group) is 1. The van der Waals surface area contributed by atoms with Crippen molar-refractivity contribution in [1.29, 1.82) is 0 Å². The van der Waals surface area contributed by atoms with Crippen molar-refractivity contribution in [2.45, 2.75) is 0 Å². The number of urea groups is 1. The number of imidazole rings is 1. The van der Waals surface area contributed by atoms with Crippen molar-refractivity contribution in [3.63, 3.8) is 0 Å². The van der Waals surface area contributed by atoms with Crippen LogP contribution in [-0.2, 0) is 0 Å². The van der Waals surface area contributed by atoms with Gasteiger partial charge in [-0.15, -0.1) is 34.0 Å². The minimum Gasteiger partial charge on any atom is -0.330 e. The van der Waals surface area contributed by atoms with Crippen LogP contribution in [0.4, 0.5) is 10.7 Å². The van der Waals surface area contributed by atoms with E-state index in [9.17, 15) is 4.79 Å². The second kappa shape index (κ2) is 9.12. The standard InChI is InChI=1S/C14H21N5O.2BrH/c1-17(2)9-10-19(14(20)18(3)4)13-15-11-7-5-6-8-12(11)16-13;;/h5-8H,9-10H2,1-4H3,(H,15,16);2*1H. The van der Waals surface area contributed by atoms with Gasteiger partial charge in [0.1, 0.15) is 0 Å². The van der Waals surface area contributed by atoms with E-state index in [2.05, 4.69) is 9.97 Å². The number of halogens is 2. The van der Waals surface area contributed by atoms with E-state index < -0.39 is 0 Å². The number of nitrogens with zero attached hydrogens (tertiary/aromatic N) is 4. The fourth-order valence-corrected chi connectivity index (χ4v) is 1.90. The van der Waals surface area contributed by atoms with Crippen LogP contribution in [0.15, 0.2) is 24.3 Å². The number of aromatic nitrogens is 2. The Morgan fingerprint density at radius 3 is 2.27 bits per heavy atom. The first-order valence-electron chi connectivity index (χ1n) is 6.57. The van der Waals surface area contributed by atoms with Gasteiger partial charge in [0.2, 0.25) is 5.95 Å². The first-order chi connectivity index (χ1) is 9.49. The van der Waals surface area contributed by atoms with Crippen molar-refractivity contribution in [2.75, 3.05) is 46.2 Å². The van der Waals surface area contributed by atoms with E-state index in [1.54, 1.807) is 23.9 Å². The summed E-state index contributed by atoms with van der Waals surface area (Å²) in [5.41, 5.74) is 1.80. The summed E-state index contributed by atoms with van der Waals surface area (Å²) in [6.45, 7) is 1.36. The van der Waals surface area contributed by atoms with E-state index in [1.165, 1.54) is 0 Å². The van der Waals surface area contributed by atoms with Gasteiger partial charge in [-0.25, -0.2) is 9.78 Å². The van der Waals surface area contributed by atoms with Crippen molar-refractivity contribution in [2.24, 2.45) is 0 Å². The van der Waals surface area contributed by atoms with Gasteiger partial charge in [0.05, 0.1) is 11.0 Å². The van der Waals surface area contributed by atoms with Crippen molar-refractivity contribution >= 4 is 57.0 Å². The first-order valence-corrected chi connectivity index (χ1v) is 6.57. The van der Waals surface area contributed by atoms with Crippen molar-refractivity contribution < 1.29 is 4.79 Å². The molecule has 6 nitrogen and oxygen atoms in total. The van der Waals surface area contributed by atoms with Crippen LogP contribution in [0.5, 0.6) is 0 Å². The van der Waals surface area contributed by atoms with Gasteiger partial charge in [-0.1, -0.05) is 12.1 Å². The summed E-state index contributed by atoms with van der Waals surface area (Å²) in [5.74, 6) is 0.590. The monoisotopic (exact) mass is 435 g/mol. The number of benzene rings is 1. The Morgan fingerprint density at radius 2 is 1.73 bits per heavy atom. The topological polar surface area (TPSA) is 55.5 Å². The summed E-state index contributed by atoms with van der Waals surface area (Å²) in [4.78, 5) is 25.3. The molecule has 1 aromatic heterocycles. The lowest BCUT2D eigenvalue weighted by molar-refractivity contribution is 0.222. The number of fused-ring (bicyclic) bond motifs is 1. The van der Waals surface area contributed by atoms with Crippen LogP contribution in [0, 0.1) is 0 Å². The van der Waals surface area contributed by atoms with E-state index in [-0.39, 0.29) is 40.0 Å². The molecule has 0 saturated heterocycles. The van der Waals surface area contributed by atoms with Crippen LogP contribution in [0.3, 0.4) is 0 Å². The Labute approximate surface area is 152 Å². The van der Waals surface area contributed by atoms with Crippen LogP contribution >= 0.6 is 34.0 Å². The number of rotatable bonds is 4. The predicted molar refractivity (Wildman–Crippen MR) is 102 cm³/mol. The van der Waals surface area contributed by atoms with Gasteiger partial charge in [0, 0.05) is 27.2 Å². The van der Waals surface area contributed by atoms with Gasteiger partial charge in [0.25, 0.3) is 0 Å². The molecule has 124 valence electrons. The highest BCUT2D eigenvalue weighted by Crippen LogP contribution is 2.17. The summed E-state index contributed by atoms with van der Waals surface area (Å²) < 4.78 is 0. The normalized spacial score (nSPS) is 10.0. The van der Waals surface area contributed by atoms with Crippen molar-refractivity contribution in [3.05, 3.63) is 24.3 Å². The number of carbonyl (C=O) groups is 1. The fourth-order valence-electron chi connectivity index (χ4n) is 1.90. The zero-order valence-corrected chi connectivity index (χ0v) is 16.7. The molecule has 0 spiro atoms. The summed E-state index contributed by atoms with van der Waals surface area (Å²) in [6, 6.07) is 7.69. The number of anilines is 1. The molecule has 0 radical (unpaired) electrons. The van der Waals surface area contributed by atoms with Crippen LogP contribution in [0.25, 0.3) is 11.0 Å². The number of carbonyl (C=O) groups excluding carboxylic acids is 1. The highest BCUT2D eigenvalue weighted by atomic mass is 79.9. The Hall–Kier alpha value is -1.12. The zero-order valence-electron chi connectivity index (χ0n) is 13.2. The third-order valence-corrected chi connectivity index (χ3v) is 3.02. The molecule has 2 aromatic rings. The van der Waals surface area contributed by atoms with Gasteiger partial charge in [-0.3, -0.25) is 4.90 Å². The molecule has 0 aliphatic rings. The Kier molecular flexibility index (Phi) is 8.65. The Balaban J connectivity index is 0.00000220. The molecule has 22 heavy (non-hydrogen) atoms. The molecular weight excluding hydrogens is 414 g/mol. The highest BCUT2D eigenvalue weighted by molar-refractivity contribution is 8.93. The second-order valence-electron chi connectivity index (χ2n) is 5.21. The lowest BCUT2D eigenvalue weighted by Gasteiger charge is -2.25. The molecule has 0 saturated carbocycles. The minimum atomic E-state index is -0.0779.